The fourth-order valence-electron chi connectivity index (χ4n) is 0. The molecular formula is C2H8AlNO. The number of primary amides is 1. The first-order valence-corrected chi connectivity index (χ1v) is 0.993. The van der Waals surface area contributed by atoms with Gasteiger partial charge in [-0.25, -0.2) is 0 Å². The van der Waals surface area contributed by atoms with Crippen molar-refractivity contribution in [3.8, 4) is 0 Å². The second-order valence-electron chi connectivity index (χ2n) is 0.611. The van der Waals surface area contributed by atoms with E-state index in [2.05, 4.69) is 5.73 Å². The lowest BCUT2D eigenvalue weighted by atomic mass is 10.8. The molecule has 0 aliphatic carbocycles. The molecule has 0 aromatic heterocycles. The summed E-state index contributed by atoms with van der Waals surface area (Å²) in [5.74, 6) is -0.333. The second kappa shape index (κ2) is 4.00. The molecular weight excluding hydrogens is 81.0 g/mol. The van der Waals surface area contributed by atoms with E-state index < -0.39 is 0 Å². The summed E-state index contributed by atoms with van der Waals surface area (Å²) in [6, 6.07) is 0. The van der Waals surface area contributed by atoms with Crippen LogP contribution in [0.1, 0.15) is 6.92 Å². The fraction of sp³-hybridized carbons (Fsp3) is 0.500. The van der Waals surface area contributed by atoms with E-state index in [4.69, 9.17) is 0 Å². The Morgan fingerprint density at radius 2 is 1.80 bits per heavy atom. The molecule has 0 spiro atoms. The molecule has 5 heavy (non-hydrogen) atoms. The molecule has 0 radical (unpaired) electrons. The Balaban J connectivity index is 0. The Morgan fingerprint density at radius 3 is 1.80 bits per heavy atom. The third kappa shape index (κ3) is 2640000. The topological polar surface area (TPSA) is 43.1 Å². The minimum absolute atomic E-state index is 0. The molecule has 0 fully saturated rings. The van der Waals surface area contributed by atoms with Crippen molar-refractivity contribution in [1.29, 1.82) is 0 Å². The van der Waals surface area contributed by atoms with Crippen molar-refractivity contribution in [3.63, 3.8) is 0 Å². The van der Waals surface area contributed by atoms with Gasteiger partial charge in [0.05, 0.1) is 0 Å². The van der Waals surface area contributed by atoms with Crippen molar-refractivity contribution in [1.82, 2.24) is 0 Å². The van der Waals surface area contributed by atoms with Crippen molar-refractivity contribution in [2.45, 2.75) is 6.92 Å². The Kier molecular flexibility index (Phi) is 7.12. The first-order valence-electron chi connectivity index (χ1n) is 0.993. The highest BCUT2D eigenvalue weighted by Crippen LogP contribution is 1.33. The van der Waals surface area contributed by atoms with Gasteiger partial charge in [0, 0.05) is 6.92 Å². The number of hydrogen-bond donors (Lipinski definition) is 1. The van der Waals surface area contributed by atoms with Crippen LogP contribution in [-0.4, -0.2) is 23.3 Å². The average molecular weight is 89.1 g/mol. The summed E-state index contributed by atoms with van der Waals surface area (Å²) in [7, 11) is 0. The molecule has 0 aromatic carbocycles. The Labute approximate surface area is 41.5 Å². The molecule has 0 saturated heterocycles. The molecule has 0 bridgehead atoms. The molecule has 1 amide bonds. The highest BCUT2D eigenvalue weighted by atomic mass is 27.0. The van der Waals surface area contributed by atoms with E-state index in [-0.39, 0.29) is 23.3 Å². The van der Waals surface area contributed by atoms with Crippen LogP contribution >= 0.6 is 0 Å². The summed E-state index contributed by atoms with van der Waals surface area (Å²) < 4.78 is 0. The lowest BCUT2D eigenvalue weighted by Crippen LogP contribution is -2.01. The molecule has 0 unspecified atom stereocenters. The van der Waals surface area contributed by atoms with Crippen LogP contribution in [-0.2, 0) is 4.79 Å². The maximum atomic E-state index is 9.22. The van der Waals surface area contributed by atoms with E-state index in [1.54, 1.807) is 0 Å². The molecule has 2 nitrogen and oxygen atoms in total. The number of amides is 1. The Hall–Kier alpha value is 0.00247. The summed E-state index contributed by atoms with van der Waals surface area (Å²) in [5.41, 5.74) is 4.47. The van der Waals surface area contributed by atoms with Crippen LogP contribution in [0.25, 0.3) is 0 Å². The van der Waals surface area contributed by atoms with Gasteiger partial charge in [-0.3, -0.25) is 4.79 Å². The predicted octanol–water partition coefficient (Wildman–Crippen LogP) is -1.69. The molecule has 2 N–H and O–H groups in total. The van der Waals surface area contributed by atoms with Gasteiger partial charge >= 0.3 is 0 Å². The lowest BCUT2D eigenvalue weighted by Gasteiger charge is -1.60. The summed E-state index contributed by atoms with van der Waals surface area (Å²) in [6.45, 7) is 1.31. The zero-order chi connectivity index (χ0) is 3.58. The van der Waals surface area contributed by atoms with Gasteiger partial charge in [0.2, 0.25) is 5.91 Å². The summed E-state index contributed by atoms with van der Waals surface area (Å²) in [5, 5.41) is 0. The van der Waals surface area contributed by atoms with Crippen LogP contribution in [0.2, 0.25) is 0 Å². The number of hydrogen-bond acceptors (Lipinski definition) is 1. The van der Waals surface area contributed by atoms with E-state index in [1.807, 2.05) is 0 Å². The number of carbonyl (C=O) groups excluding carboxylic acids is 1. The third-order valence-electron chi connectivity index (χ3n) is 0. The molecule has 0 saturated carbocycles. The minimum Gasteiger partial charge on any atom is -0.370 e. The monoisotopic (exact) mass is 89.0 g/mol. The van der Waals surface area contributed by atoms with Gasteiger partial charge < -0.3 is 5.73 Å². The second-order valence-corrected chi connectivity index (χ2v) is 0.611. The molecule has 0 heterocycles. The van der Waals surface area contributed by atoms with Crippen molar-refractivity contribution in [2.24, 2.45) is 5.73 Å². The molecule has 3 heteroatoms. The van der Waals surface area contributed by atoms with Gasteiger partial charge in [-0.05, 0) is 0 Å². The fourth-order valence-corrected chi connectivity index (χ4v) is 0. The first kappa shape index (κ1) is 8.89. The van der Waals surface area contributed by atoms with Crippen molar-refractivity contribution < 1.29 is 4.79 Å². The summed E-state index contributed by atoms with van der Waals surface area (Å²) in [4.78, 5) is 9.22. The number of carbonyl (C=O) groups is 1. The normalized spacial score (nSPS) is 5.00. The lowest BCUT2D eigenvalue weighted by molar-refractivity contribution is -0.115. The highest BCUT2D eigenvalue weighted by Gasteiger charge is 1.61. The minimum atomic E-state index is -0.333. The Morgan fingerprint density at radius 1 is 1.80 bits per heavy atom. The molecule has 0 aliphatic rings. The molecule has 30 valence electrons. The average Bonchev–Trinajstić information content (AvgIpc) is 0.811. The molecule has 0 aromatic rings. The van der Waals surface area contributed by atoms with Crippen LogP contribution < -0.4 is 5.73 Å². The first-order chi connectivity index (χ1) is 1.73. The van der Waals surface area contributed by atoms with Gasteiger partial charge in [0.25, 0.3) is 0 Å². The van der Waals surface area contributed by atoms with Gasteiger partial charge in [-0.2, -0.15) is 0 Å². The van der Waals surface area contributed by atoms with Crippen LogP contribution in [0.3, 0.4) is 0 Å². The van der Waals surface area contributed by atoms with Crippen molar-refractivity contribution in [2.75, 3.05) is 0 Å². The standard InChI is InChI=1S/C2H5NO.Al.3H/c1-2(3)4;;;;/h1H3,(H2,3,4);;;;. The number of rotatable bonds is 0. The molecule has 0 aliphatic heterocycles. The highest BCUT2D eigenvalue weighted by molar-refractivity contribution is 5.75. The summed E-state index contributed by atoms with van der Waals surface area (Å²) >= 11 is 0. The maximum Gasteiger partial charge on any atom is 0.214 e. The largest absolute Gasteiger partial charge is 0.370 e. The van der Waals surface area contributed by atoms with E-state index >= 15 is 0 Å². The van der Waals surface area contributed by atoms with Crippen LogP contribution in [0.5, 0.6) is 0 Å². The van der Waals surface area contributed by atoms with Crippen molar-refractivity contribution in [3.05, 3.63) is 0 Å². The predicted molar refractivity (Wildman–Crippen MR) is 24.8 cm³/mol. The zero-order valence-corrected chi connectivity index (χ0v) is 2.49. The summed E-state index contributed by atoms with van der Waals surface area (Å²) in [6.07, 6.45) is 0. The van der Waals surface area contributed by atoms with E-state index in [9.17, 15) is 4.79 Å². The quantitative estimate of drug-likeness (QED) is 0.353. The zero-order valence-electron chi connectivity index (χ0n) is 2.49. The van der Waals surface area contributed by atoms with Gasteiger partial charge in [0.15, 0.2) is 17.4 Å². The van der Waals surface area contributed by atoms with Gasteiger partial charge in [0.1, 0.15) is 0 Å². The van der Waals surface area contributed by atoms with Gasteiger partial charge in [-0.1, -0.05) is 0 Å². The SMILES string of the molecule is CC(N)=O.[AlH3]. The third-order valence-corrected chi connectivity index (χ3v) is 0. The smallest absolute Gasteiger partial charge is 0.214 e. The van der Waals surface area contributed by atoms with Crippen LogP contribution in [0.4, 0.5) is 0 Å². The number of nitrogens with two attached hydrogens (primary N) is 1. The van der Waals surface area contributed by atoms with E-state index in [0.717, 1.165) is 0 Å². The molecule has 0 rings (SSSR count). The maximum absolute atomic E-state index is 9.22. The van der Waals surface area contributed by atoms with Crippen molar-refractivity contribution >= 4 is 23.3 Å². The van der Waals surface area contributed by atoms with Crippen LogP contribution in [0, 0.1) is 0 Å². The van der Waals surface area contributed by atoms with Gasteiger partial charge in [-0.15, -0.1) is 0 Å². The van der Waals surface area contributed by atoms with E-state index in [0.29, 0.717) is 0 Å². The Bertz CT molecular complexity index is 32.6. The van der Waals surface area contributed by atoms with E-state index in [1.165, 1.54) is 6.92 Å². The van der Waals surface area contributed by atoms with Crippen LogP contribution in [0.15, 0.2) is 0 Å². The molecule has 0 atom stereocenters.